The van der Waals surface area contributed by atoms with Crippen molar-refractivity contribution in [3.05, 3.63) is 23.8 Å². The second-order valence-corrected chi connectivity index (χ2v) is 8.24. The lowest BCUT2D eigenvalue weighted by molar-refractivity contribution is 0.0673. The summed E-state index contributed by atoms with van der Waals surface area (Å²) in [6, 6.07) is 5.57. The van der Waals surface area contributed by atoms with E-state index in [9.17, 15) is 13.5 Å². The molecular formula is C14H18O5S. The molecule has 0 saturated carbocycles. The Kier molecular flexibility index (Phi) is 2.99. The van der Waals surface area contributed by atoms with Crippen LogP contribution in [0.3, 0.4) is 0 Å². The lowest BCUT2D eigenvalue weighted by Gasteiger charge is -2.20. The summed E-state index contributed by atoms with van der Waals surface area (Å²) in [7, 11) is -3.22. The molecule has 2 aliphatic rings. The highest BCUT2D eigenvalue weighted by molar-refractivity contribution is 7.91. The summed E-state index contributed by atoms with van der Waals surface area (Å²) in [5.74, 6) is 0.781. The number of fused-ring (bicyclic) bond motifs is 1. The monoisotopic (exact) mass is 298 g/mol. The summed E-state index contributed by atoms with van der Waals surface area (Å²) in [4.78, 5) is 0. The molecule has 2 unspecified atom stereocenters. The minimum atomic E-state index is -3.22. The van der Waals surface area contributed by atoms with Crippen LogP contribution in [0.25, 0.3) is 0 Å². The topological polar surface area (TPSA) is 72.8 Å². The Labute approximate surface area is 118 Å². The van der Waals surface area contributed by atoms with Gasteiger partial charge in [0, 0.05) is 12.0 Å². The molecule has 0 aromatic heterocycles. The number of ether oxygens (including phenoxy) is 2. The highest BCUT2D eigenvalue weighted by atomic mass is 32.2. The van der Waals surface area contributed by atoms with Crippen LogP contribution < -0.4 is 9.47 Å². The van der Waals surface area contributed by atoms with Crippen molar-refractivity contribution in [2.75, 3.05) is 11.5 Å². The number of sulfone groups is 1. The molecule has 1 N–H and O–H groups in total. The van der Waals surface area contributed by atoms with Gasteiger partial charge in [-0.1, -0.05) is 12.1 Å². The lowest BCUT2D eigenvalue weighted by atomic mass is 10.0. The highest BCUT2D eigenvalue weighted by Gasteiger charge is 2.39. The van der Waals surface area contributed by atoms with Crippen molar-refractivity contribution >= 4 is 9.84 Å². The van der Waals surface area contributed by atoms with E-state index in [0.29, 0.717) is 11.5 Å². The van der Waals surface area contributed by atoms with E-state index < -0.39 is 22.0 Å². The van der Waals surface area contributed by atoms with E-state index in [1.807, 2.05) is 26.0 Å². The van der Waals surface area contributed by atoms with Crippen molar-refractivity contribution in [3.8, 4) is 11.5 Å². The molecule has 0 aliphatic carbocycles. The van der Waals surface area contributed by atoms with Crippen molar-refractivity contribution in [2.45, 2.75) is 38.1 Å². The number of hydrogen-bond acceptors (Lipinski definition) is 5. The Morgan fingerprint density at radius 2 is 2.10 bits per heavy atom. The fourth-order valence-electron chi connectivity index (χ4n) is 2.75. The summed E-state index contributed by atoms with van der Waals surface area (Å²) in [6.07, 6.45) is -0.922. The maximum Gasteiger partial charge on any atom is 0.165 e. The van der Waals surface area contributed by atoms with E-state index in [4.69, 9.17) is 9.47 Å². The molecule has 0 spiro atoms. The van der Waals surface area contributed by atoms with Gasteiger partial charge in [-0.3, -0.25) is 0 Å². The second-order valence-electron chi connectivity index (χ2n) is 6.08. The largest absolute Gasteiger partial charge is 0.483 e. The van der Waals surface area contributed by atoms with Crippen LogP contribution in [0.4, 0.5) is 0 Å². The maximum absolute atomic E-state index is 11.5. The SMILES string of the molecule is CC1(C)Cc2cccc(OC3CS(=O)(=O)CC3O)c2O1. The van der Waals surface area contributed by atoms with Crippen LogP contribution in [-0.4, -0.2) is 42.8 Å². The van der Waals surface area contributed by atoms with Crippen LogP contribution in [0.15, 0.2) is 18.2 Å². The zero-order valence-corrected chi connectivity index (χ0v) is 12.3. The van der Waals surface area contributed by atoms with Gasteiger partial charge in [0.2, 0.25) is 0 Å². The summed E-state index contributed by atoms with van der Waals surface area (Å²) < 4.78 is 34.6. The number of hydrogen-bond donors (Lipinski definition) is 1. The number of rotatable bonds is 2. The molecule has 20 heavy (non-hydrogen) atoms. The Balaban J connectivity index is 1.86. The van der Waals surface area contributed by atoms with Gasteiger partial charge in [0.15, 0.2) is 21.3 Å². The first-order chi connectivity index (χ1) is 9.26. The predicted octanol–water partition coefficient (Wildman–Crippen LogP) is 0.937. The van der Waals surface area contributed by atoms with Crippen LogP contribution in [0.2, 0.25) is 0 Å². The van der Waals surface area contributed by atoms with Crippen LogP contribution in [0.1, 0.15) is 19.4 Å². The molecule has 1 fully saturated rings. The minimum Gasteiger partial charge on any atom is -0.483 e. The molecule has 1 aromatic carbocycles. The van der Waals surface area contributed by atoms with Crippen LogP contribution in [0, 0.1) is 0 Å². The standard InChI is InChI=1S/C14H18O5S/c1-14(2)6-9-4-3-5-11(13(9)19-14)18-12-8-20(16,17)7-10(12)15/h3-5,10,12,15H,6-8H2,1-2H3. The van der Waals surface area contributed by atoms with Gasteiger partial charge in [-0.15, -0.1) is 0 Å². The third-order valence-corrected chi connectivity index (χ3v) is 5.29. The maximum atomic E-state index is 11.5. The molecule has 3 rings (SSSR count). The predicted molar refractivity (Wildman–Crippen MR) is 73.9 cm³/mol. The van der Waals surface area contributed by atoms with Crippen molar-refractivity contribution in [2.24, 2.45) is 0 Å². The van der Waals surface area contributed by atoms with Gasteiger partial charge in [0.05, 0.1) is 11.5 Å². The van der Waals surface area contributed by atoms with E-state index in [1.54, 1.807) is 6.07 Å². The smallest absolute Gasteiger partial charge is 0.165 e. The number of para-hydroxylation sites is 1. The summed E-state index contributed by atoms with van der Waals surface area (Å²) in [5, 5.41) is 9.79. The van der Waals surface area contributed by atoms with Gasteiger partial charge >= 0.3 is 0 Å². The lowest BCUT2D eigenvalue weighted by Crippen LogP contribution is -2.30. The Morgan fingerprint density at radius 3 is 2.75 bits per heavy atom. The van der Waals surface area contributed by atoms with E-state index >= 15 is 0 Å². The molecule has 0 radical (unpaired) electrons. The average molecular weight is 298 g/mol. The van der Waals surface area contributed by atoms with Gasteiger partial charge in [-0.25, -0.2) is 8.42 Å². The number of benzene rings is 1. The zero-order chi connectivity index (χ0) is 14.5. The molecule has 2 heterocycles. The first kappa shape index (κ1) is 13.7. The zero-order valence-electron chi connectivity index (χ0n) is 11.5. The second kappa shape index (κ2) is 4.36. The van der Waals surface area contributed by atoms with Gasteiger partial charge in [-0.05, 0) is 19.9 Å². The van der Waals surface area contributed by atoms with Gasteiger partial charge in [0.25, 0.3) is 0 Å². The van der Waals surface area contributed by atoms with Crippen molar-refractivity contribution in [1.29, 1.82) is 0 Å². The first-order valence-corrected chi connectivity index (χ1v) is 8.44. The van der Waals surface area contributed by atoms with Crippen molar-refractivity contribution in [3.63, 3.8) is 0 Å². The van der Waals surface area contributed by atoms with Gasteiger partial charge in [0.1, 0.15) is 17.8 Å². The molecule has 2 aliphatic heterocycles. The van der Waals surface area contributed by atoms with Crippen molar-refractivity contribution < 1.29 is 23.0 Å². The average Bonchev–Trinajstić information content (AvgIpc) is 2.74. The van der Waals surface area contributed by atoms with Gasteiger partial charge in [-0.2, -0.15) is 0 Å². The first-order valence-electron chi connectivity index (χ1n) is 6.62. The molecule has 6 heteroatoms. The quantitative estimate of drug-likeness (QED) is 0.879. The van der Waals surface area contributed by atoms with E-state index in [0.717, 1.165) is 12.0 Å². The highest BCUT2D eigenvalue weighted by Crippen LogP contribution is 2.42. The van der Waals surface area contributed by atoms with E-state index in [1.165, 1.54) is 0 Å². The third-order valence-electron chi connectivity index (χ3n) is 3.61. The number of aliphatic hydroxyl groups excluding tert-OH is 1. The molecular weight excluding hydrogens is 280 g/mol. The van der Waals surface area contributed by atoms with Gasteiger partial charge < -0.3 is 14.6 Å². The normalized spacial score (nSPS) is 29.8. The molecule has 0 bridgehead atoms. The molecule has 2 atom stereocenters. The summed E-state index contributed by atoms with van der Waals surface area (Å²) in [5.41, 5.74) is 0.755. The Bertz CT molecular complexity index is 635. The van der Waals surface area contributed by atoms with Crippen LogP contribution in [0.5, 0.6) is 11.5 Å². The molecule has 5 nitrogen and oxygen atoms in total. The molecule has 0 amide bonds. The molecule has 1 aromatic rings. The fourth-order valence-corrected chi connectivity index (χ4v) is 4.41. The third kappa shape index (κ3) is 2.50. The van der Waals surface area contributed by atoms with Crippen LogP contribution in [-0.2, 0) is 16.3 Å². The fraction of sp³-hybridized carbons (Fsp3) is 0.571. The summed E-state index contributed by atoms with van der Waals surface area (Å²) >= 11 is 0. The Hall–Kier alpha value is -1.27. The van der Waals surface area contributed by atoms with E-state index in [2.05, 4.69) is 0 Å². The minimum absolute atomic E-state index is 0.152. The van der Waals surface area contributed by atoms with Crippen molar-refractivity contribution in [1.82, 2.24) is 0 Å². The summed E-state index contributed by atoms with van der Waals surface area (Å²) in [6.45, 7) is 3.98. The van der Waals surface area contributed by atoms with E-state index in [-0.39, 0.29) is 17.1 Å². The number of aliphatic hydroxyl groups is 1. The van der Waals surface area contributed by atoms with Crippen LogP contribution >= 0.6 is 0 Å². The molecule has 1 saturated heterocycles. The Morgan fingerprint density at radius 1 is 1.35 bits per heavy atom. The molecule has 110 valence electrons.